The molecule has 33 valence electrons. The van der Waals surface area contributed by atoms with Crippen LogP contribution in [0.3, 0.4) is 0 Å². The minimum Gasteiger partial charge on any atom is -0.329 e. The molecule has 0 aromatic rings. The van der Waals surface area contributed by atoms with Crippen molar-refractivity contribution in [3.63, 3.8) is 0 Å². The Labute approximate surface area is 81.3 Å². The van der Waals surface area contributed by atoms with Gasteiger partial charge in [0.1, 0.15) is 0 Å². The van der Waals surface area contributed by atoms with Crippen LogP contribution in [0.1, 0.15) is 0 Å². The maximum Gasteiger partial charge on any atom is 0.00714 e. The van der Waals surface area contributed by atoms with Gasteiger partial charge in [-0.25, -0.2) is 0 Å². The van der Waals surface area contributed by atoms with E-state index in [1.807, 2.05) is 7.05 Å². The first-order chi connectivity index (χ1) is 2.41. The van der Waals surface area contributed by atoms with Crippen molar-refractivity contribution in [2.24, 2.45) is 5.73 Å². The molecule has 0 rings (SSSR count). The molecule has 0 heterocycles. The average molecular weight is 113 g/mol. The molecule has 0 unspecified atom stereocenters. The molecule has 3 N–H and O–H groups in total. The molecule has 0 aromatic carbocycles. The minimum absolute atomic E-state index is 0. The van der Waals surface area contributed by atoms with Gasteiger partial charge < -0.3 is 11.1 Å². The second-order valence-electron chi connectivity index (χ2n) is 0.892. The molecule has 0 spiro atoms. The molecule has 0 amide bonds. The van der Waals surface area contributed by atoms with Gasteiger partial charge in [-0.3, -0.25) is 0 Å². The number of nitrogens with two attached hydrogens (primary N) is 1. The van der Waals surface area contributed by atoms with E-state index in [4.69, 9.17) is 5.73 Å². The van der Waals surface area contributed by atoms with Crippen LogP contribution < -0.4 is 11.1 Å². The molecule has 0 aromatic heterocycles. The van der Waals surface area contributed by atoms with Crippen LogP contribution in [0.4, 0.5) is 0 Å². The number of hydrogen-bond donors (Lipinski definition) is 2. The number of nitrogens with one attached hydrogen (secondary N) is 1. The standard InChI is InChI=1S/C3H10N2.K/c1-5-3-2-4;/h5H,2-4H2,1H3;. The molecule has 3 heteroatoms. The molecule has 0 atom stereocenters. The summed E-state index contributed by atoms with van der Waals surface area (Å²) in [6.45, 7) is 1.65. The fourth-order valence-electron chi connectivity index (χ4n) is 0.144. The van der Waals surface area contributed by atoms with Gasteiger partial charge in [0.25, 0.3) is 0 Å². The van der Waals surface area contributed by atoms with E-state index in [2.05, 4.69) is 5.32 Å². The van der Waals surface area contributed by atoms with Crippen LogP contribution >= 0.6 is 0 Å². The second kappa shape index (κ2) is 9.75. The third-order valence-electron chi connectivity index (χ3n) is 0.394. The molecule has 2 nitrogen and oxygen atoms in total. The summed E-state index contributed by atoms with van der Waals surface area (Å²) in [5, 5.41) is 2.89. The average Bonchev–Trinajstić information content (AvgIpc) is 1.41. The van der Waals surface area contributed by atoms with Crippen LogP contribution in [0.15, 0.2) is 0 Å². The van der Waals surface area contributed by atoms with Gasteiger partial charge in [0, 0.05) is 64.5 Å². The SMILES string of the molecule is CNCCN.[K]. The third kappa shape index (κ3) is 9.12. The van der Waals surface area contributed by atoms with E-state index in [1.165, 1.54) is 0 Å². The Morgan fingerprint density at radius 3 is 2.17 bits per heavy atom. The zero-order chi connectivity index (χ0) is 4.12. The maximum atomic E-state index is 5.08. The molecule has 0 bridgehead atoms. The van der Waals surface area contributed by atoms with Crippen molar-refractivity contribution in [1.82, 2.24) is 5.32 Å². The van der Waals surface area contributed by atoms with E-state index >= 15 is 0 Å². The van der Waals surface area contributed by atoms with Gasteiger partial charge in [0.15, 0.2) is 0 Å². The van der Waals surface area contributed by atoms with Crippen molar-refractivity contribution in [2.45, 2.75) is 0 Å². The quantitative estimate of drug-likeness (QED) is 0.441. The second-order valence-corrected chi connectivity index (χ2v) is 0.892. The Kier molecular flexibility index (Phi) is 17.1. The van der Waals surface area contributed by atoms with Crippen LogP contribution in [-0.4, -0.2) is 71.5 Å². The number of likely N-dealkylation sites (N-methyl/N-ethyl adjacent to an activating group) is 1. The fourth-order valence-corrected chi connectivity index (χ4v) is 0.144. The van der Waals surface area contributed by atoms with Crippen LogP contribution in [-0.2, 0) is 0 Å². The largest absolute Gasteiger partial charge is 0.329 e. The molecule has 0 aliphatic rings. The van der Waals surface area contributed by atoms with Crippen molar-refractivity contribution in [3.8, 4) is 0 Å². The Morgan fingerprint density at radius 2 is 2.17 bits per heavy atom. The van der Waals surface area contributed by atoms with Gasteiger partial charge in [-0.05, 0) is 7.05 Å². The van der Waals surface area contributed by atoms with Crippen molar-refractivity contribution < 1.29 is 0 Å². The summed E-state index contributed by atoms with van der Waals surface area (Å²) in [5.74, 6) is 0. The summed E-state index contributed by atoms with van der Waals surface area (Å²) >= 11 is 0. The number of hydrogen-bond acceptors (Lipinski definition) is 2. The summed E-state index contributed by atoms with van der Waals surface area (Å²) in [7, 11) is 1.88. The van der Waals surface area contributed by atoms with Crippen molar-refractivity contribution in [3.05, 3.63) is 0 Å². The van der Waals surface area contributed by atoms with Gasteiger partial charge in [0.05, 0.1) is 0 Å². The van der Waals surface area contributed by atoms with E-state index in [0.717, 1.165) is 13.1 Å². The van der Waals surface area contributed by atoms with Gasteiger partial charge in [-0.1, -0.05) is 0 Å². The van der Waals surface area contributed by atoms with Crippen molar-refractivity contribution >= 4 is 51.4 Å². The monoisotopic (exact) mass is 113 g/mol. The fraction of sp³-hybridized carbons (Fsp3) is 1.00. The number of rotatable bonds is 2. The summed E-state index contributed by atoms with van der Waals surface area (Å²) in [5.41, 5.74) is 5.08. The van der Waals surface area contributed by atoms with E-state index < -0.39 is 0 Å². The van der Waals surface area contributed by atoms with Gasteiger partial charge in [-0.2, -0.15) is 0 Å². The van der Waals surface area contributed by atoms with Crippen molar-refractivity contribution in [1.29, 1.82) is 0 Å². The normalized spacial score (nSPS) is 7.00. The molecular formula is C3H10KN2. The Bertz CT molecular complexity index is 16.3. The molecule has 0 aliphatic carbocycles. The molecule has 0 saturated heterocycles. The van der Waals surface area contributed by atoms with E-state index in [0.29, 0.717) is 0 Å². The molecule has 0 fully saturated rings. The topological polar surface area (TPSA) is 38.0 Å². The van der Waals surface area contributed by atoms with Crippen molar-refractivity contribution in [2.75, 3.05) is 20.1 Å². The van der Waals surface area contributed by atoms with Gasteiger partial charge >= 0.3 is 0 Å². The van der Waals surface area contributed by atoms with Crippen LogP contribution in [0, 0.1) is 0 Å². The summed E-state index contributed by atoms with van der Waals surface area (Å²) < 4.78 is 0. The van der Waals surface area contributed by atoms with E-state index in [1.54, 1.807) is 0 Å². The summed E-state index contributed by atoms with van der Waals surface area (Å²) in [6.07, 6.45) is 0. The first kappa shape index (κ1) is 10.5. The van der Waals surface area contributed by atoms with Crippen LogP contribution in [0.25, 0.3) is 0 Å². The van der Waals surface area contributed by atoms with E-state index in [-0.39, 0.29) is 51.4 Å². The predicted octanol–water partition coefficient (Wildman–Crippen LogP) is -1.22. The molecule has 6 heavy (non-hydrogen) atoms. The third-order valence-corrected chi connectivity index (χ3v) is 0.394. The smallest absolute Gasteiger partial charge is 0.00714 e. The molecule has 1 radical (unpaired) electrons. The Morgan fingerprint density at radius 1 is 1.67 bits per heavy atom. The van der Waals surface area contributed by atoms with Crippen LogP contribution in [0.5, 0.6) is 0 Å². The first-order valence-electron chi connectivity index (χ1n) is 1.76. The minimum atomic E-state index is 0. The Balaban J connectivity index is 0. The van der Waals surface area contributed by atoms with Crippen LogP contribution in [0.2, 0.25) is 0 Å². The summed E-state index contributed by atoms with van der Waals surface area (Å²) in [6, 6.07) is 0. The van der Waals surface area contributed by atoms with Gasteiger partial charge in [-0.15, -0.1) is 0 Å². The van der Waals surface area contributed by atoms with Gasteiger partial charge in [0.2, 0.25) is 0 Å². The molecule has 0 saturated carbocycles. The zero-order valence-corrected chi connectivity index (χ0v) is 7.61. The molecule has 0 aliphatic heterocycles. The van der Waals surface area contributed by atoms with E-state index in [9.17, 15) is 0 Å². The molecular weight excluding hydrogens is 103 g/mol. The zero-order valence-electron chi connectivity index (χ0n) is 4.49. The first-order valence-corrected chi connectivity index (χ1v) is 1.76. The maximum absolute atomic E-state index is 5.08. The Hall–Kier alpha value is 1.56. The predicted molar refractivity (Wildman–Crippen MR) is 28.7 cm³/mol. The summed E-state index contributed by atoms with van der Waals surface area (Å²) in [4.78, 5) is 0.